The van der Waals surface area contributed by atoms with Crippen LogP contribution in [0.2, 0.25) is 0 Å². The maximum absolute atomic E-state index is 12.8. The van der Waals surface area contributed by atoms with Gasteiger partial charge in [0.05, 0.1) is 5.57 Å². The summed E-state index contributed by atoms with van der Waals surface area (Å²) in [7, 11) is 0. The van der Waals surface area contributed by atoms with E-state index in [1.54, 1.807) is 0 Å². The fraction of sp³-hybridized carbons (Fsp3) is 0.0909. The van der Waals surface area contributed by atoms with Gasteiger partial charge in [-0.15, -0.1) is 11.3 Å². The summed E-state index contributed by atoms with van der Waals surface area (Å²) < 4.78 is 11.1. The van der Waals surface area contributed by atoms with E-state index in [0.717, 1.165) is 21.5 Å². The van der Waals surface area contributed by atoms with E-state index in [-0.39, 0.29) is 6.61 Å². The highest BCUT2D eigenvalue weighted by Crippen LogP contribution is 2.25. The number of aryl methyl sites for hydroxylation is 1. The first-order chi connectivity index (χ1) is 13.2. The summed E-state index contributed by atoms with van der Waals surface area (Å²) >= 11 is 1.50. The van der Waals surface area contributed by atoms with Crippen molar-refractivity contribution in [1.82, 2.24) is 4.98 Å². The summed E-state index contributed by atoms with van der Waals surface area (Å²) in [6.07, 6.45) is 1.85. The third-order valence-electron chi connectivity index (χ3n) is 4.02. The largest absolute Gasteiger partial charge is 0.452 e. The Morgan fingerprint density at radius 3 is 2.81 bits per heavy atom. The minimum atomic E-state index is -0.402. The van der Waals surface area contributed by atoms with Crippen molar-refractivity contribution in [1.29, 1.82) is 0 Å². The minimum absolute atomic E-state index is 0.00987. The Morgan fingerprint density at radius 2 is 2.04 bits per heavy atom. The third-order valence-corrected chi connectivity index (χ3v) is 4.93. The molecule has 0 N–H and O–H groups in total. The molecule has 0 unspecified atom stereocenters. The Balaban J connectivity index is 1.57. The van der Waals surface area contributed by atoms with Crippen LogP contribution in [-0.2, 0) is 16.1 Å². The third kappa shape index (κ3) is 3.99. The maximum Gasteiger partial charge on any atom is 0.340 e. The van der Waals surface area contributed by atoms with Crippen LogP contribution in [0.1, 0.15) is 21.9 Å². The van der Waals surface area contributed by atoms with Crippen molar-refractivity contribution < 1.29 is 13.9 Å². The average molecular weight is 375 g/mol. The van der Waals surface area contributed by atoms with Crippen LogP contribution < -0.4 is 0 Å². The smallest absolute Gasteiger partial charge is 0.340 e. The fourth-order valence-electron chi connectivity index (χ4n) is 2.78. The predicted molar refractivity (Wildman–Crippen MR) is 107 cm³/mol. The summed E-state index contributed by atoms with van der Waals surface area (Å²) in [5, 5.41) is 1.94. The lowest BCUT2D eigenvalue weighted by molar-refractivity contribution is -0.138. The zero-order chi connectivity index (χ0) is 18.6. The number of hydrogen-bond donors (Lipinski definition) is 0. The number of fused-ring (bicyclic) bond motifs is 1. The van der Waals surface area contributed by atoms with E-state index in [2.05, 4.69) is 4.98 Å². The highest BCUT2D eigenvalue weighted by atomic mass is 32.1. The van der Waals surface area contributed by atoms with Gasteiger partial charge >= 0.3 is 5.97 Å². The second-order valence-electron chi connectivity index (χ2n) is 6.10. The Morgan fingerprint density at radius 1 is 1.15 bits per heavy atom. The lowest BCUT2D eigenvalue weighted by atomic mass is 10.1. The number of ether oxygens (including phenoxy) is 1. The number of para-hydroxylation sites is 2. The predicted octanol–water partition coefficient (Wildman–Crippen LogP) is 5.48. The number of hydrogen-bond acceptors (Lipinski definition) is 5. The summed E-state index contributed by atoms with van der Waals surface area (Å²) in [6, 6.07) is 19.3. The first-order valence-electron chi connectivity index (χ1n) is 8.53. The number of aromatic nitrogens is 1. The number of rotatable bonds is 5. The van der Waals surface area contributed by atoms with Crippen LogP contribution in [0.15, 0.2) is 70.5 Å². The van der Waals surface area contributed by atoms with Gasteiger partial charge in [0.15, 0.2) is 12.2 Å². The van der Waals surface area contributed by atoms with Gasteiger partial charge in [0.25, 0.3) is 0 Å². The van der Waals surface area contributed by atoms with Crippen LogP contribution in [-0.4, -0.2) is 11.0 Å². The second kappa shape index (κ2) is 7.60. The van der Waals surface area contributed by atoms with E-state index >= 15 is 0 Å². The molecule has 4 rings (SSSR count). The van der Waals surface area contributed by atoms with Crippen molar-refractivity contribution >= 4 is 40.1 Å². The molecule has 0 bridgehead atoms. The summed E-state index contributed by atoms with van der Waals surface area (Å²) in [6.45, 7) is 2.01. The standard InChI is InChI=1S/C22H17NO3S/c1-15-6-4-7-16(12-15)13-17(20-10-5-11-27-20)22(24)25-14-21-23-18-8-2-3-9-19(18)26-21/h2-13H,14H2,1H3/b17-13+. The van der Waals surface area contributed by atoms with Crippen LogP contribution >= 0.6 is 11.3 Å². The molecule has 0 amide bonds. The number of oxazole rings is 1. The molecule has 0 saturated carbocycles. The molecule has 0 saturated heterocycles. The molecule has 0 spiro atoms. The lowest BCUT2D eigenvalue weighted by Gasteiger charge is -2.06. The van der Waals surface area contributed by atoms with Gasteiger partial charge < -0.3 is 9.15 Å². The number of esters is 1. The first-order valence-corrected chi connectivity index (χ1v) is 9.41. The minimum Gasteiger partial charge on any atom is -0.452 e. The summed E-state index contributed by atoms with van der Waals surface area (Å²) in [5.41, 5.74) is 4.03. The normalized spacial score (nSPS) is 11.7. The number of nitrogens with zero attached hydrogens (tertiary/aromatic N) is 1. The van der Waals surface area contributed by atoms with E-state index in [4.69, 9.17) is 9.15 Å². The van der Waals surface area contributed by atoms with E-state index < -0.39 is 5.97 Å². The van der Waals surface area contributed by atoms with E-state index in [1.165, 1.54) is 11.3 Å². The topological polar surface area (TPSA) is 52.3 Å². The van der Waals surface area contributed by atoms with E-state index in [0.29, 0.717) is 17.0 Å². The van der Waals surface area contributed by atoms with Crippen molar-refractivity contribution in [3.63, 3.8) is 0 Å². The van der Waals surface area contributed by atoms with Crippen LogP contribution in [0.5, 0.6) is 0 Å². The van der Waals surface area contributed by atoms with Gasteiger partial charge in [0.2, 0.25) is 5.89 Å². The van der Waals surface area contributed by atoms with Crippen LogP contribution in [0.4, 0.5) is 0 Å². The summed E-state index contributed by atoms with van der Waals surface area (Å²) in [4.78, 5) is 18.0. The molecule has 134 valence electrons. The molecular formula is C22H17NO3S. The SMILES string of the molecule is Cc1cccc(/C=C(/C(=O)OCc2nc3ccccc3o2)c2cccs2)c1. The molecule has 0 aliphatic carbocycles. The first kappa shape index (κ1) is 17.2. The molecule has 0 aliphatic rings. The Bertz CT molecular complexity index is 1080. The van der Waals surface area contributed by atoms with Crippen LogP contribution in [0, 0.1) is 6.92 Å². The maximum atomic E-state index is 12.8. The van der Waals surface area contributed by atoms with Gasteiger partial charge in [0, 0.05) is 4.88 Å². The number of carbonyl (C=O) groups is 1. The average Bonchev–Trinajstić information content (AvgIpc) is 3.33. The number of benzene rings is 2. The Hall–Kier alpha value is -3.18. The quantitative estimate of drug-likeness (QED) is 0.342. The highest BCUT2D eigenvalue weighted by molar-refractivity contribution is 7.11. The van der Waals surface area contributed by atoms with Crippen molar-refractivity contribution in [2.24, 2.45) is 0 Å². The van der Waals surface area contributed by atoms with Gasteiger partial charge in [0.1, 0.15) is 5.52 Å². The zero-order valence-electron chi connectivity index (χ0n) is 14.7. The summed E-state index contributed by atoms with van der Waals surface area (Å²) in [5.74, 6) is -0.0214. The molecular weight excluding hydrogens is 358 g/mol. The Kier molecular flexibility index (Phi) is 4.85. The molecule has 4 aromatic rings. The van der Waals surface area contributed by atoms with Gasteiger partial charge in [-0.2, -0.15) is 0 Å². The molecule has 0 radical (unpaired) electrons. The highest BCUT2D eigenvalue weighted by Gasteiger charge is 2.16. The van der Waals surface area contributed by atoms with Gasteiger partial charge in [-0.1, -0.05) is 48.0 Å². The lowest BCUT2D eigenvalue weighted by Crippen LogP contribution is -2.06. The second-order valence-corrected chi connectivity index (χ2v) is 7.05. The van der Waals surface area contributed by atoms with Crippen molar-refractivity contribution in [3.05, 3.63) is 87.9 Å². The molecule has 0 aliphatic heterocycles. The zero-order valence-corrected chi connectivity index (χ0v) is 15.5. The Labute approximate surface area is 160 Å². The number of thiophene rings is 1. The molecule has 5 heteroatoms. The fourth-order valence-corrected chi connectivity index (χ4v) is 3.51. The van der Waals surface area contributed by atoms with Gasteiger partial charge in [-0.25, -0.2) is 9.78 Å². The molecule has 2 aromatic carbocycles. The van der Waals surface area contributed by atoms with Gasteiger partial charge in [-0.05, 0) is 42.1 Å². The molecule has 2 heterocycles. The molecule has 27 heavy (non-hydrogen) atoms. The molecule has 0 fully saturated rings. The molecule has 0 atom stereocenters. The molecule has 2 aromatic heterocycles. The molecule has 4 nitrogen and oxygen atoms in total. The van der Waals surface area contributed by atoms with Crippen molar-refractivity contribution in [3.8, 4) is 0 Å². The van der Waals surface area contributed by atoms with Crippen molar-refractivity contribution in [2.75, 3.05) is 0 Å². The van der Waals surface area contributed by atoms with Crippen LogP contribution in [0.25, 0.3) is 22.7 Å². The van der Waals surface area contributed by atoms with Crippen molar-refractivity contribution in [2.45, 2.75) is 13.5 Å². The van der Waals surface area contributed by atoms with E-state index in [1.807, 2.05) is 79.0 Å². The number of carbonyl (C=O) groups excluding carboxylic acids is 1. The van der Waals surface area contributed by atoms with Crippen LogP contribution in [0.3, 0.4) is 0 Å². The van der Waals surface area contributed by atoms with E-state index in [9.17, 15) is 4.79 Å². The monoisotopic (exact) mass is 375 g/mol. The van der Waals surface area contributed by atoms with Gasteiger partial charge in [-0.3, -0.25) is 0 Å².